The van der Waals surface area contributed by atoms with E-state index in [2.05, 4.69) is 26.2 Å². The Bertz CT molecular complexity index is 1100. The first kappa shape index (κ1) is 21.6. The van der Waals surface area contributed by atoms with Gasteiger partial charge in [-0.05, 0) is 58.8 Å². The van der Waals surface area contributed by atoms with Crippen LogP contribution in [0.1, 0.15) is 15.9 Å². The summed E-state index contributed by atoms with van der Waals surface area (Å²) in [5, 5.41) is 17.3. The lowest BCUT2D eigenvalue weighted by Gasteiger charge is -2.18. The van der Waals surface area contributed by atoms with Gasteiger partial charge in [0.25, 0.3) is 5.91 Å². The summed E-state index contributed by atoms with van der Waals surface area (Å²) in [6, 6.07) is 12.5. The molecule has 1 aliphatic heterocycles. The molecule has 0 radical (unpaired) electrons. The zero-order valence-electron chi connectivity index (χ0n) is 17.4. The molecule has 0 atom stereocenters. The van der Waals surface area contributed by atoms with Crippen LogP contribution in [0, 0.1) is 0 Å². The van der Waals surface area contributed by atoms with Crippen molar-refractivity contribution in [2.45, 2.75) is 11.6 Å². The molecule has 32 heavy (non-hydrogen) atoms. The molecule has 0 spiro atoms. The van der Waals surface area contributed by atoms with Gasteiger partial charge in [0, 0.05) is 24.8 Å². The Morgan fingerprint density at radius 3 is 2.62 bits per heavy atom. The molecule has 166 valence electrons. The number of anilines is 1. The number of tetrazole rings is 1. The minimum Gasteiger partial charge on any atom is -0.486 e. The smallest absolute Gasteiger partial charge is 0.251 e. The first-order chi connectivity index (χ1) is 15.6. The van der Waals surface area contributed by atoms with Crippen molar-refractivity contribution < 1.29 is 19.1 Å². The average molecular weight is 455 g/mol. The summed E-state index contributed by atoms with van der Waals surface area (Å²) in [7, 11) is 1.71. The van der Waals surface area contributed by atoms with Crippen LogP contribution in [0.2, 0.25) is 0 Å². The maximum absolute atomic E-state index is 12.4. The predicted octanol–water partition coefficient (Wildman–Crippen LogP) is 1.68. The first-order valence-electron chi connectivity index (χ1n) is 10.0. The van der Waals surface area contributed by atoms with Gasteiger partial charge in [0.1, 0.15) is 13.2 Å². The Morgan fingerprint density at radius 1 is 1.09 bits per heavy atom. The molecular formula is C21H22N6O4S. The third kappa shape index (κ3) is 5.55. The van der Waals surface area contributed by atoms with Crippen LogP contribution in [0.15, 0.2) is 47.6 Å². The first-order valence-corrected chi connectivity index (χ1v) is 11.0. The number of carbonyl (C=O) groups excluding carboxylic acids is 2. The van der Waals surface area contributed by atoms with Gasteiger partial charge in [0.15, 0.2) is 11.5 Å². The minimum atomic E-state index is -0.186. The minimum absolute atomic E-state index is 0.175. The van der Waals surface area contributed by atoms with E-state index in [1.807, 2.05) is 18.2 Å². The monoisotopic (exact) mass is 454 g/mol. The molecule has 1 aliphatic rings. The normalized spacial score (nSPS) is 12.3. The van der Waals surface area contributed by atoms with Crippen molar-refractivity contribution >= 4 is 29.3 Å². The number of nitrogens with one attached hydrogen (secondary N) is 2. The Kier molecular flexibility index (Phi) is 6.85. The Balaban J connectivity index is 1.22. The summed E-state index contributed by atoms with van der Waals surface area (Å²) in [6.07, 6.45) is 0.676. The van der Waals surface area contributed by atoms with E-state index in [4.69, 9.17) is 9.47 Å². The van der Waals surface area contributed by atoms with Crippen molar-refractivity contribution in [3.63, 3.8) is 0 Å². The largest absolute Gasteiger partial charge is 0.486 e. The molecule has 0 bridgehead atoms. The van der Waals surface area contributed by atoms with E-state index in [1.165, 1.54) is 16.4 Å². The third-order valence-electron chi connectivity index (χ3n) is 4.65. The average Bonchev–Trinajstić information content (AvgIpc) is 3.22. The van der Waals surface area contributed by atoms with Gasteiger partial charge < -0.3 is 20.1 Å². The van der Waals surface area contributed by atoms with Crippen molar-refractivity contribution in [1.82, 2.24) is 25.5 Å². The van der Waals surface area contributed by atoms with Gasteiger partial charge in [-0.2, -0.15) is 0 Å². The maximum Gasteiger partial charge on any atom is 0.251 e. The van der Waals surface area contributed by atoms with Gasteiger partial charge in [-0.3, -0.25) is 9.59 Å². The fourth-order valence-electron chi connectivity index (χ4n) is 3.04. The van der Waals surface area contributed by atoms with Crippen molar-refractivity contribution in [1.29, 1.82) is 0 Å². The van der Waals surface area contributed by atoms with Crippen LogP contribution in [-0.2, 0) is 18.3 Å². The second kappa shape index (κ2) is 10.1. The lowest BCUT2D eigenvalue weighted by Crippen LogP contribution is -2.25. The Labute approximate surface area is 188 Å². The summed E-state index contributed by atoms with van der Waals surface area (Å²) >= 11 is 1.24. The summed E-state index contributed by atoms with van der Waals surface area (Å²) < 4.78 is 12.6. The topological polar surface area (TPSA) is 120 Å². The molecule has 0 fully saturated rings. The molecule has 4 rings (SSSR count). The highest BCUT2D eigenvalue weighted by Gasteiger charge is 2.12. The molecule has 3 aromatic rings. The molecule has 11 heteroatoms. The summed E-state index contributed by atoms with van der Waals surface area (Å²) in [5.74, 6) is 1.31. The van der Waals surface area contributed by atoms with E-state index >= 15 is 0 Å². The molecule has 10 nitrogen and oxygen atoms in total. The zero-order valence-corrected chi connectivity index (χ0v) is 18.2. The molecule has 2 aromatic carbocycles. The number of nitrogens with zero attached hydrogens (tertiary/aromatic N) is 4. The summed E-state index contributed by atoms with van der Waals surface area (Å²) in [6.45, 7) is 1.59. The van der Waals surface area contributed by atoms with Crippen LogP contribution >= 0.6 is 11.8 Å². The van der Waals surface area contributed by atoms with E-state index < -0.39 is 0 Å². The van der Waals surface area contributed by atoms with Gasteiger partial charge >= 0.3 is 0 Å². The number of hydrogen-bond donors (Lipinski definition) is 2. The number of hydrogen-bond acceptors (Lipinski definition) is 8. The molecule has 0 saturated carbocycles. The van der Waals surface area contributed by atoms with E-state index in [0.717, 1.165) is 17.1 Å². The number of fused-ring (bicyclic) bond motifs is 1. The molecule has 0 saturated heterocycles. The lowest BCUT2D eigenvalue weighted by molar-refractivity contribution is -0.113. The maximum atomic E-state index is 12.4. The lowest BCUT2D eigenvalue weighted by atomic mass is 10.1. The van der Waals surface area contributed by atoms with Gasteiger partial charge in [0.2, 0.25) is 11.1 Å². The van der Waals surface area contributed by atoms with E-state index in [1.54, 1.807) is 31.3 Å². The number of carbonyl (C=O) groups is 2. The van der Waals surface area contributed by atoms with Gasteiger partial charge in [0.05, 0.1) is 5.75 Å². The second-order valence-electron chi connectivity index (χ2n) is 6.98. The number of rotatable bonds is 8. The molecule has 2 heterocycles. The fourth-order valence-corrected chi connectivity index (χ4v) is 3.69. The molecule has 0 aliphatic carbocycles. The van der Waals surface area contributed by atoms with Crippen molar-refractivity contribution in [3.8, 4) is 11.5 Å². The number of aryl methyl sites for hydroxylation is 1. The van der Waals surface area contributed by atoms with Crippen LogP contribution in [0.25, 0.3) is 0 Å². The molecule has 2 amide bonds. The highest BCUT2D eigenvalue weighted by Crippen LogP contribution is 2.30. The second-order valence-corrected chi connectivity index (χ2v) is 7.93. The van der Waals surface area contributed by atoms with Crippen molar-refractivity contribution in [3.05, 3.63) is 53.6 Å². The Morgan fingerprint density at radius 2 is 1.88 bits per heavy atom. The quantitative estimate of drug-likeness (QED) is 0.494. The zero-order chi connectivity index (χ0) is 22.3. The van der Waals surface area contributed by atoms with Crippen molar-refractivity contribution in [2.75, 3.05) is 30.8 Å². The molecule has 0 unspecified atom stereocenters. The Hall–Kier alpha value is -3.60. The van der Waals surface area contributed by atoms with Crippen molar-refractivity contribution in [2.24, 2.45) is 7.05 Å². The molecule has 2 N–H and O–H groups in total. The van der Waals surface area contributed by atoms with E-state index in [0.29, 0.717) is 42.6 Å². The van der Waals surface area contributed by atoms with E-state index in [9.17, 15) is 9.59 Å². The molecular weight excluding hydrogens is 432 g/mol. The number of benzene rings is 2. The standard InChI is InChI=1S/C21H22N6O4S/c1-27-21(24-25-26-27)32-13-19(28)23-16-5-3-15(4-6-16)20(29)22-9-8-14-2-7-17-18(12-14)31-11-10-30-17/h2-7,12H,8-11,13H2,1H3,(H,22,29)(H,23,28). The SMILES string of the molecule is Cn1nnnc1SCC(=O)Nc1ccc(C(=O)NCCc2ccc3c(c2)OCCO3)cc1. The highest BCUT2D eigenvalue weighted by atomic mass is 32.2. The van der Waals surface area contributed by atoms with Gasteiger partial charge in [-0.25, -0.2) is 4.68 Å². The van der Waals surface area contributed by atoms with Crippen LogP contribution in [0.4, 0.5) is 5.69 Å². The van der Waals surface area contributed by atoms with E-state index in [-0.39, 0.29) is 17.6 Å². The van der Waals surface area contributed by atoms with Crippen LogP contribution in [0.3, 0.4) is 0 Å². The fraction of sp³-hybridized carbons (Fsp3) is 0.286. The van der Waals surface area contributed by atoms with Gasteiger partial charge in [-0.15, -0.1) is 5.10 Å². The summed E-state index contributed by atoms with van der Waals surface area (Å²) in [5.41, 5.74) is 2.19. The number of amides is 2. The number of aromatic nitrogens is 4. The van der Waals surface area contributed by atoms with Crippen LogP contribution < -0.4 is 20.1 Å². The highest BCUT2D eigenvalue weighted by molar-refractivity contribution is 7.99. The summed E-state index contributed by atoms with van der Waals surface area (Å²) in [4.78, 5) is 24.5. The van der Waals surface area contributed by atoms with Gasteiger partial charge in [-0.1, -0.05) is 17.8 Å². The van der Waals surface area contributed by atoms with Crippen LogP contribution in [0.5, 0.6) is 11.5 Å². The third-order valence-corrected chi connectivity index (χ3v) is 5.66. The number of ether oxygens (including phenoxy) is 2. The number of thioether (sulfide) groups is 1. The predicted molar refractivity (Wildman–Crippen MR) is 118 cm³/mol. The molecule has 1 aromatic heterocycles. The van der Waals surface area contributed by atoms with Crippen LogP contribution in [-0.4, -0.2) is 57.5 Å².